The van der Waals surface area contributed by atoms with Gasteiger partial charge in [-0.05, 0) is 25.0 Å². The van der Waals surface area contributed by atoms with E-state index in [-0.39, 0.29) is 35.9 Å². The van der Waals surface area contributed by atoms with E-state index in [1.54, 1.807) is 0 Å². The summed E-state index contributed by atoms with van der Waals surface area (Å²) in [5, 5.41) is 0. The van der Waals surface area contributed by atoms with Crippen LogP contribution in [-0.4, -0.2) is 28.6 Å². The van der Waals surface area contributed by atoms with Gasteiger partial charge in [-0.2, -0.15) is 8.78 Å². The van der Waals surface area contributed by atoms with Crippen LogP contribution < -0.4 is 26.6 Å². The summed E-state index contributed by atoms with van der Waals surface area (Å²) in [7, 11) is 0. The molecule has 30 heavy (non-hydrogen) atoms. The van der Waals surface area contributed by atoms with Crippen molar-refractivity contribution < 1.29 is 18.3 Å². The summed E-state index contributed by atoms with van der Waals surface area (Å²) >= 11 is 0. The number of para-hydroxylation sites is 1. The number of carbonyl (C=O) groups excluding carboxylic acids is 1. The molecular formula is C20H26F2N4O4. The number of nitrogens with zero attached hydrogens (tertiary/aromatic N) is 2. The summed E-state index contributed by atoms with van der Waals surface area (Å²) in [6.45, 7) is 1.09. The van der Waals surface area contributed by atoms with Crippen molar-refractivity contribution in [1.82, 2.24) is 9.55 Å². The molecule has 0 fully saturated rings. The lowest BCUT2D eigenvalue weighted by atomic mass is 10.1. The van der Waals surface area contributed by atoms with Crippen molar-refractivity contribution in [3.63, 3.8) is 0 Å². The van der Waals surface area contributed by atoms with Crippen molar-refractivity contribution in [3.8, 4) is 5.75 Å². The molecule has 0 unspecified atom stereocenters. The molecule has 0 saturated carbocycles. The fourth-order valence-electron chi connectivity index (χ4n) is 3.00. The third-order valence-corrected chi connectivity index (χ3v) is 4.53. The van der Waals surface area contributed by atoms with Gasteiger partial charge in [0.05, 0.1) is 5.56 Å². The molecule has 8 nitrogen and oxygen atoms in total. The van der Waals surface area contributed by atoms with Crippen molar-refractivity contribution in [2.75, 3.05) is 17.2 Å². The second-order valence-corrected chi connectivity index (χ2v) is 6.68. The van der Waals surface area contributed by atoms with Gasteiger partial charge < -0.3 is 15.4 Å². The van der Waals surface area contributed by atoms with Crippen LogP contribution in [0.2, 0.25) is 0 Å². The topological polar surface area (TPSA) is 110 Å². The summed E-state index contributed by atoms with van der Waals surface area (Å²) in [4.78, 5) is 41.4. The van der Waals surface area contributed by atoms with Gasteiger partial charge >= 0.3 is 12.3 Å². The molecule has 0 bridgehead atoms. The van der Waals surface area contributed by atoms with Crippen LogP contribution in [-0.2, 0) is 6.54 Å². The third-order valence-electron chi connectivity index (χ3n) is 4.53. The van der Waals surface area contributed by atoms with Crippen molar-refractivity contribution in [2.45, 2.75) is 52.7 Å². The SMILES string of the molecule is CCCCN(C(=O)c1ccccc1OC(F)F)c1c(N)n(CCCC)c(=O)[nH]c1=O. The number of halogens is 2. The lowest BCUT2D eigenvalue weighted by Crippen LogP contribution is -2.41. The molecule has 3 N–H and O–H groups in total. The van der Waals surface area contributed by atoms with E-state index in [0.717, 1.165) is 11.3 Å². The molecule has 0 aliphatic rings. The first kappa shape index (κ1) is 23.1. The van der Waals surface area contributed by atoms with Gasteiger partial charge in [-0.25, -0.2) is 4.79 Å². The molecule has 2 aromatic rings. The lowest BCUT2D eigenvalue weighted by molar-refractivity contribution is -0.0501. The van der Waals surface area contributed by atoms with Crippen LogP contribution in [0, 0.1) is 0 Å². The van der Waals surface area contributed by atoms with Crippen LogP contribution in [0.1, 0.15) is 49.9 Å². The number of anilines is 2. The van der Waals surface area contributed by atoms with E-state index in [1.165, 1.54) is 28.8 Å². The Morgan fingerprint density at radius 3 is 2.50 bits per heavy atom. The number of nitrogens with one attached hydrogen (secondary N) is 1. The van der Waals surface area contributed by atoms with Crippen LogP contribution in [0.3, 0.4) is 0 Å². The minimum atomic E-state index is -3.12. The molecule has 0 saturated heterocycles. The van der Waals surface area contributed by atoms with Gasteiger partial charge in [0.25, 0.3) is 11.5 Å². The average Bonchev–Trinajstić information content (AvgIpc) is 2.69. The van der Waals surface area contributed by atoms with Crippen LogP contribution in [0.15, 0.2) is 33.9 Å². The Kier molecular flexibility index (Phi) is 8.14. The normalized spacial score (nSPS) is 11.0. The van der Waals surface area contributed by atoms with Crippen molar-refractivity contribution in [2.24, 2.45) is 0 Å². The summed E-state index contributed by atoms with van der Waals surface area (Å²) in [6, 6.07) is 5.53. The number of ether oxygens (including phenoxy) is 1. The number of unbranched alkanes of at least 4 members (excludes halogenated alkanes) is 2. The monoisotopic (exact) mass is 424 g/mol. The predicted octanol–water partition coefficient (Wildman–Crippen LogP) is 2.97. The Morgan fingerprint density at radius 2 is 1.87 bits per heavy atom. The smallest absolute Gasteiger partial charge is 0.387 e. The zero-order valence-corrected chi connectivity index (χ0v) is 17.0. The zero-order valence-electron chi connectivity index (χ0n) is 17.0. The highest BCUT2D eigenvalue weighted by Crippen LogP contribution is 2.26. The second-order valence-electron chi connectivity index (χ2n) is 6.68. The number of nitrogen functional groups attached to an aromatic ring is 1. The van der Waals surface area contributed by atoms with E-state index in [9.17, 15) is 23.2 Å². The number of benzene rings is 1. The molecule has 0 radical (unpaired) electrons. The largest absolute Gasteiger partial charge is 0.434 e. The highest BCUT2D eigenvalue weighted by Gasteiger charge is 2.27. The quantitative estimate of drug-likeness (QED) is 0.609. The summed E-state index contributed by atoms with van der Waals surface area (Å²) in [5.41, 5.74) is 4.32. The Hall–Kier alpha value is -3.17. The standard InChI is InChI=1S/C20H26F2N4O4/c1-3-5-11-25(18(28)13-9-7-8-10-14(13)30-19(21)22)15-16(23)26(12-6-4-2)20(29)24-17(15)27/h7-10,19H,3-6,11-12,23H2,1-2H3,(H,24,27,29). The first-order valence-electron chi connectivity index (χ1n) is 9.80. The van der Waals surface area contributed by atoms with Crippen LogP contribution in [0.5, 0.6) is 5.75 Å². The number of amides is 1. The maximum absolute atomic E-state index is 13.3. The highest BCUT2D eigenvalue weighted by molar-refractivity contribution is 6.08. The van der Waals surface area contributed by atoms with E-state index >= 15 is 0 Å². The molecular weight excluding hydrogens is 398 g/mol. The van der Waals surface area contributed by atoms with Gasteiger partial charge in [-0.15, -0.1) is 0 Å². The van der Waals surface area contributed by atoms with E-state index in [4.69, 9.17) is 5.73 Å². The number of carbonyl (C=O) groups is 1. The average molecular weight is 424 g/mol. The van der Waals surface area contributed by atoms with Gasteiger partial charge in [0.15, 0.2) is 5.69 Å². The summed E-state index contributed by atoms with van der Waals surface area (Å²) < 4.78 is 31.2. The summed E-state index contributed by atoms with van der Waals surface area (Å²) in [5.74, 6) is -1.18. The van der Waals surface area contributed by atoms with Crippen molar-refractivity contribution >= 4 is 17.4 Å². The van der Waals surface area contributed by atoms with E-state index in [2.05, 4.69) is 9.72 Å². The van der Waals surface area contributed by atoms with Gasteiger partial charge in [-0.3, -0.25) is 19.1 Å². The number of hydrogen-bond donors (Lipinski definition) is 2. The lowest BCUT2D eigenvalue weighted by Gasteiger charge is -2.25. The second kappa shape index (κ2) is 10.6. The van der Waals surface area contributed by atoms with Gasteiger partial charge in [0.2, 0.25) is 0 Å². The van der Waals surface area contributed by atoms with Crippen LogP contribution in [0.25, 0.3) is 0 Å². The van der Waals surface area contributed by atoms with Crippen molar-refractivity contribution in [3.05, 3.63) is 50.7 Å². The molecule has 1 aromatic carbocycles. The molecule has 164 valence electrons. The van der Waals surface area contributed by atoms with Gasteiger partial charge in [-0.1, -0.05) is 38.8 Å². The first-order chi connectivity index (χ1) is 14.3. The molecule has 2 rings (SSSR count). The zero-order chi connectivity index (χ0) is 22.3. The molecule has 0 atom stereocenters. The molecule has 0 aliphatic heterocycles. The maximum atomic E-state index is 13.3. The van der Waals surface area contributed by atoms with E-state index in [1.807, 2.05) is 13.8 Å². The first-order valence-corrected chi connectivity index (χ1v) is 9.80. The predicted molar refractivity (Wildman–Crippen MR) is 110 cm³/mol. The number of rotatable bonds is 10. The molecule has 10 heteroatoms. The Labute approximate surface area is 172 Å². The number of aromatic amines is 1. The minimum Gasteiger partial charge on any atom is -0.434 e. The molecule has 1 amide bonds. The number of H-pyrrole nitrogens is 1. The Balaban J connectivity index is 2.60. The number of alkyl halides is 2. The third kappa shape index (κ3) is 5.25. The summed E-state index contributed by atoms with van der Waals surface area (Å²) in [6.07, 6.45) is 2.66. The number of hydrogen-bond acceptors (Lipinski definition) is 5. The van der Waals surface area contributed by atoms with E-state index in [0.29, 0.717) is 19.3 Å². The van der Waals surface area contributed by atoms with E-state index < -0.39 is 23.8 Å². The Morgan fingerprint density at radius 1 is 1.20 bits per heavy atom. The van der Waals surface area contributed by atoms with Crippen LogP contribution >= 0.6 is 0 Å². The fraction of sp³-hybridized carbons (Fsp3) is 0.450. The fourth-order valence-corrected chi connectivity index (χ4v) is 3.00. The maximum Gasteiger partial charge on any atom is 0.387 e. The molecule has 1 aromatic heterocycles. The van der Waals surface area contributed by atoms with Gasteiger partial charge in [0, 0.05) is 13.1 Å². The molecule has 1 heterocycles. The molecule has 0 aliphatic carbocycles. The van der Waals surface area contributed by atoms with Crippen LogP contribution in [0.4, 0.5) is 20.3 Å². The highest BCUT2D eigenvalue weighted by atomic mass is 19.3. The van der Waals surface area contributed by atoms with Crippen molar-refractivity contribution in [1.29, 1.82) is 0 Å². The number of nitrogens with two attached hydrogens (primary N) is 1. The minimum absolute atomic E-state index is 0.109. The Bertz CT molecular complexity index is 988. The van der Waals surface area contributed by atoms with Gasteiger partial charge in [0.1, 0.15) is 11.6 Å². The molecule has 0 spiro atoms. The number of aromatic nitrogens is 2.